The highest BCUT2D eigenvalue weighted by Crippen LogP contribution is 2.28. The zero-order valence-corrected chi connectivity index (χ0v) is 18.9. The summed E-state index contributed by atoms with van der Waals surface area (Å²) >= 11 is 3.52. The Bertz CT molecular complexity index is 708. The van der Waals surface area contributed by atoms with Crippen LogP contribution in [0, 0.1) is 18.8 Å². The van der Waals surface area contributed by atoms with Crippen LogP contribution in [0.1, 0.15) is 33.6 Å². The van der Waals surface area contributed by atoms with Crippen LogP contribution in [0.3, 0.4) is 0 Å². The molecule has 2 aromatic rings. The SMILES string of the molecule is COC(C)CCOC(C)(C)CCn1nc2c(I)c(F)c(F)c(I)c2n1. The molecule has 1 heterocycles. The molecule has 25 heavy (non-hydrogen) atoms. The van der Waals surface area contributed by atoms with Gasteiger partial charge in [-0.1, -0.05) is 0 Å². The number of hydrogen-bond acceptors (Lipinski definition) is 4. The van der Waals surface area contributed by atoms with Crippen LogP contribution in [0.25, 0.3) is 11.0 Å². The van der Waals surface area contributed by atoms with Crippen LogP contribution in [0.4, 0.5) is 8.78 Å². The van der Waals surface area contributed by atoms with Crippen molar-refractivity contribution >= 4 is 56.2 Å². The molecule has 0 spiro atoms. The molecule has 1 unspecified atom stereocenters. The quantitative estimate of drug-likeness (QED) is 0.262. The lowest BCUT2D eigenvalue weighted by atomic mass is 10.1. The van der Waals surface area contributed by atoms with Gasteiger partial charge in [0.2, 0.25) is 0 Å². The van der Waals surface area contributed by atoms with Gasteiger partial charge < -0.3 is 9.47 Å². The molecule has 2 rings (SSSR count). The first-order valence-electron chi connectivity index (χ1n) is 7.90. The summed E-state index contributed by atoms with van der Waals surface area (Å²) in [5.41, 5.74) is 0.414. The van der Waals surface area contributed by atoms with Crippen LogP contribution in [0.5, 0.6) is 0 Å². The fourth-order valence-electron chi connectivity index (χ4n) is 2.20. The Hall–Kier alpha value is -0.140. The first-order chi connectivity index (χ1) is 11.7. The van der Waals surface area contributed by atoms with Crippen LogP contribution >= 0.6 is 45.2 Å². The van der Waals surface area contributed by atoms with Crippen molar-refractivity contribution in [1.82, 2.24) is 15.0 Å². The van der Waals surface area contributed by atoms with E-state index in [1.807, 2.05) is 20.8 Å². The third-order valence-electron chi connectivity index (χ3n) is 3.98. The van der Waals surface area contributed by atoms with Crippen molar-refractivity contribution in [2.45, 2.75) is 51.9 Å². The maximum atomic E-state index is 13.8. The molecule has 1 atom stereocenters. The minimum atomic E-state index is -0.875. The van der Waals surface area contributed by atoms with Crippen LogP contribution < -0.4 is 0 Å². The lowest BCUT2D eigenvalue weighted by Gasteiger charge is -2.25. The highest BCUT2D eigenvalue weighted by molar-refractivity contribution is 14.1. The van der Waals surface area contributed by atoms with E-state index < -0.39 is 11.6 Å². The molecule has 0 aliphatic carbocycles. The van der Waals surface area contributed by atoms with Crippen molar-refractivity contribution in [2.24, 2.45) is 0 Å². The van der Waals surface area contributed by atoms with Gasteiger partial charge in [0.1, 0.15) is 11.0 Å². The Labute approximate surface area is 173 Å². The third-order valence-corrected chi connectivity index (χ3v) is 5.95. The van der Waals surface area contributed by atoms with E-state index in [1.165, 1.54) is 4.80 Å². The van der Waals surface area contributed by atoms with Gasteiger partial charge in [-0.2, -0.15) is 15.0 Å². The first-order valence-corrected chi connectivity index (χ1v) is 10.1. The van der Waals surface area contributed by atoms with E-state index in [9.17, 15) is 8.78 Å². The molecule has 0 amide bonds. The van der Waals surface area contributed by atoms with Crippen molar-refractivity contribution in [3.8, 4) is 0 Å². The fraction of sp³-hybridized carbons (Fsp3) is 0.625. The molecule has 0 aliphatic heterocycles. The third kappa shape index (κ3) is 5.19. The molecule has 0 bridgehead atoms. The van der Waals surface area contributed by atoms with Crippen LogP contribution in [0.2, 0.25) is 0 Å². The number of methoxy groups -OCH3 is 1. The van der Waals surface area contributed by atoms with Crippen LogP contribution in [-0.2, 0) is 16.0 Å². The standard InChI is InChI=1S/C16H21F2I2N3O2/c1-9(24-4)5-8-25-16(2,3)6-7-23-21-14-12(19)10(17)11(18)13(20)15(14)22-23/h9H,5-8H2,1-4H3. The molecule has 5 nitrogen and oxygen atoms in total. The first kappa shape index (κ1) is 21.2. The van der Waals surface area contributed by atoms with Crippen molar-refractivity contribution in [2.75, 3.05) is 13.7 Å². The largest absolute Gasteiger partial charge is 0.382 e. The number of ether oxygens (including phenoxy) is 2. The van der Waals surface area contributed by atoms with Gasteiger partial charge in [-0.15, -0.1) is 0 Å². The summed E-state index contributed by atoms with van der Waals surface area (Å²) in [7, 11) is 1.68. The maximum Gasteiger partial charge on any atom is 0.175 e. The topological polar surface area (TPSA) is 49.2 Å². The molecule has 0 aliphatic rings. The number of aromatic nitrogens is 3. The number of fused-ring (bicyclic) bond motifs is 1. The Morgan fingerprint density at radius 1 is 1.12 bits per heavy atom. The summed E-state index contributed by atoms with van der Waals surface area (Å²) in [5.74, 6) is -1.75. The lowest BCUT2D eigenvalue weighted by Crippen LogP contribution is -2.28. The van der Waals surface area contributed by atoms with Crippen LogP contribution in [0.15, 0.2) is 0 Å². The molecular formula is C16H21F2I2N3O2. The van der Waals surface area contributed by atoms with Crippen LogP contribution in [-0.4, -0.2) is 40.4 Å². The van der Waals surface area contributed by atoms with Gasteiger partial charge >= 0.3 is 0 Å². The number of hydrogen-bond donors (Lipinski definition) is 0. The highest BCUT2D eigenvalue weighted by atomic mass is 127. The predicted octanol–water partition coefficient (Wildman–Crippen LogP) is 4.53. The second kappa shape index (κ2) is 8.70. The zero-order chi connectivity index (χ0) is 18.8. The number of nitrogens with zero attached hydrogens (tertiary/aromatic N) is 3. The molecule has 0 saturated heterocycles. The molecule has 0 saturated carbocycles. The van der Waals surface area contributed by atoms with Gasteiger partial charge in [0.15, 0.2) is 11.6 Å². The van der Waals surface area contributed by atoms with E-state index in [1.54, 1.807) is 52.3 Å². The van der Waals surface area contributed by atoms with Gasteiger partial charge in [0, 0.05) is 13.7 Å². The Morgan fingerprint density at radius 2 is 1.64 bits per heavy atom. The predicted molar refractivity (Wildman–Crippen MR) is 109 cm³/mol. The summed E-state index contributed by atoms with van der Waals surface area (Å²) in [4.78, 5) is 1.48. The van der Waals surface area contributed by atoms with Gasteiger partial charge in [-0.05, 0) is 78.8 Å². The second-order valence-corrected chi connectivity index (χ2v) is 8.60. The van der Waals surface area contributed by atoms with E-state index >= 15 is 0 Å². The van der Waals surface area contributed by atoms with Gasteiger partial charge in [0.05, 0.1) is 25.4 Å². The Morgan fingerprint density at radius 3 is 2.12 bits per heavy atom. The summed E-state index contributed by atoms with van der Waals surface area (Å²) < 4.78 is 39.1. The van der Waals surface area contributed by atoms with E-state index in [0.717, 1.165) is 6.42 Å². The second-order valence-electron chi connectivity index (χ2n) is 6.44. The van der Waals surface area contributed by atoms with Gasteiger partial charge in [0.25, 0.3) is 0 Å². The summed E-state index contributed by atoms with van der Waals surface area (Å²) in [5, 5.41) is 8.62. The fourth-order valence-corrected chi connectivity index (χ4v) is 3.40. The van der Waals surface area contributed by atoms with Gasteiger partial charge in [-0.3, -0.25) is 0 Å². The van der Waals surface area contributed by atoms with Crippen molar-refractivity contribution in [3.05, 3.63) is 18.8 Å². The molecule has 9 heteroatoms. The monoisotopic (exact) mass is 579 g/mol. The minimum Gasteiger partial charge on any atom is -0.382 e. The average molecular weight is 579 g/mol. The number of rotatable bonds is 8. The Balaban J connectivity index is 2.06. The normalized spacial score (nSPS) is 13.6. The van der Waals surface area contributed by atoms with E-state index in [-0.39, 0.29) is 18.8 Å². The number of aryl methyl sites for hydroxylation is 1. The summed E-state index contributed by atoms with van der Waals surface area (Å²) in [6.45, 7) is 7.10. The molecular weight excluding hydrogens is 558 g/mol. The van der Waals surface area contributed by atoms with E-state index in [0.29, 0.717) is 30.6 Å². The number of halogens is 4. The summed E-state index contributed by atoms with van der Waals surface area (Å²) in [6.07, 6.45) is 1.65. The minimum absolute atomic E-state index is 0.154. The lowest BCUT2D eigenvalue weighted by molar-refractivity contribution is -0.0417. The molecule has 0 N–H and O–H groups in total. The zero-order valence-electron chi connectivity index (χ0n) is 14.6. The van der Waals surface area contributed by atoms with E-state index in [2.05, 4.69) is 10.2 Å². The van der Waals surface area contributed by atoms with Crippen molar-refractivity contribution in [1.29, 1.82) is 0 Å². The number of benzene rings is 1. The Kier molecular flexibility index (Phi) is 7.36. The molecule has 0 radical (unpaired) electrons. The van der Waals surface area contributed by atoms with E-state index in [4.69, 9.17) is 9.47 Å². The molecule has 1 aromatic carbocycles. The summed E-state index contributed by atoms with van der Waals surface area (Å²) in [6, 6.07) is 0. The smallest absolute Gasteiger partial charge is 0.175 e. The molecule has 140 valence electrons. The van der Waals surface area contributed by atoms with Gasteiger partial charge in [-0.25, -0.2) is 8.78 Å². The maximum absolute atomic E-state index is 13.8. The van der Waals surface area contributed by atoms with Crippen molar-refractivity contribution in [3.63, 3.8) is 0 Å². The highest BCUT2D eigenvalue weighted by Gasteiger charge is 2.23. The molecule has 0 fully saturated rings. The molecule has 1 aromatic heterocycles. The van der Waals surface area contributed by atoms with Crippen molar-refractivity contribution < 1.29 is 18.3 Å². The average Bonchev–Trinajstić information content (AvgIpc) is 3.00.